The number of nitrogens with one attached hydrogen (secondary N) is 3. The maximum absolute atomic E-state index is 11.6. The Hall–Kier alpha value is -2.64. The van der Waals surface area contributed by atoms with E-state index in [1.165, 1.54) is 0 Å². The van der Waals surface area contributed by atoms with Crippen LogP contribution in [0.5, 0.6) is 0 Å². The first-order valence-electron chi connectivity index (χ1n) is 5.08. The maximum atomic E-state index is 11.6. The minimum Gasteiger partial charge on any atom is -0.360 e. The number of aromatic nitrogens is 3. The number of hydrogen-bond acceptors (Lipinski definition) is 5. The van der Waals surface area contributed by atoms with Gasteiger partial charge in [-0.25, -0.2) is 4.79 Å². The van der Waals surface area contributed by atoms with Crippen molar-refractivity contribution in [2.24, 2.45) is 0 Å². The predicted octanol–water partition coefficient (Wildman–Crippen LogP) is -0.459. The topological polar surface area (TPSA) is 121 Å². The normalized spacial score (nSPS) is 10.3. The molecule has 18 heavy (non-hydrogen) atoms. The minimum atomic E-state index is -0.650. The number of anilines is 1. The van der Waals surface area contributed by atoms with Gasteiger partial charge < -0.3 is 14.8 Å². The van der Waals surface area contributed by atoms with Crippen LogP contribution in [0.3, 0.4) is 0 Å². The van der Waals surface area contributed by atoms with Gasteiger partial charge in [0.25, 0.3) is 5.56 Å². The predicted molar refractivity (Wildman–Crippen MR) is 61.3 cm³/mol. The number of aryl methyl sites for hydroxylation is 1. The standard InChI is InChI=1S/C10H10N4O4/c1-5-2-7(14-18-5)12-8(15)3-6-4-9(16)13-10(17)11-6/h2,4H,3H2,1H3,(H,12,14,15)(H2,11,13,16,17). The van der Waals surface area contributed by atoms with Gasteiger partial charge in [0.05, 0.1) is 6.42 Å². The van der Waals surface area contributed by atoms with E-state index in [2.05, 4.69) is 15.5 Å². The third-order valence-corrected chi connectivity index (χ3v) is 2.06. The molecule has 2 heterocycles. The lowest BCUT2D eigenvalue weighted by molar-refractivity contribution is -0.115. The Morgan fingerprint density at radius 3 is 2.78 bits per heavy atom. The third-order valence-electron chi connectivity index (χ3n) is 2.06. The highest BCUT2D eigenvalue weighted by molar-refractivity contribution is 5.91. The van der Waals surface area contributed by atoms with E-state index in [0.717, 1.165) is 6.07 Å². The van der Waals surface area contributed by atoms with Crippen LogP contribution in [0.15, 0.2) is 26.2 Å². The molecule has 0 saturated carbocycles. The molecule has 0 radical (unpaired) electrons. The molecule has 3 N–H and O–H groups in total. The number of nitrogens with zero attached hydrogens (tertiary/aromatic N) is 1. The molecule has 8 heteroatoms. The van der Waals surface area contributed by atoms with Gasteiger partial charge in [0.15, 0.2) is 5.82 Å². The van der Waals surface area contributed by atoms with Crippen LogP contribution in [-0.4, -0.2) is 21.0 Å². The van der Waals surface area contributed by atoms with Crippen molar-refractivity contribution in [1.29, 1.82) is 0 Å². The number of hydrogen-bond donors (Lipinski definition) is 3. The van der Waals surface area contributed by atoms with E-state index >= 15 is 0 Å². The Morgan fingerprint density at radius 2 is 2.17 bits per heavy atom. The van der Waals surface area contributed by atoms with E-state index in [1.54, 1.807) is 13.0 Å². The zero-order valence-corrected chi connectivity index (χ0v) is 9.44. The Balaban J connectivity index is 2.07. The molecule has 1 amide bonds. The Kier molecular flexibility index (Phi) is 3.09. The number of H-pyrrole nitrogens is 2. The summed E-state index contributed by atoms with van der Waals surface area (Å²) in [7, 11) is 0. The van der Waals surface area contributed by atoms with Crippen LogP contribution in [0.4, 0.5) is 5.82 Å². The molecule has 0 aliphatic heterocycles. The van der Waals surface area contributed by atoms with Crippen molar-refractivity contribution < 1.29 is 9.32 Å². The molecule has 0 spiro atoms. The second kappa shape index (κ2) is 4.70. The van der Waals surface area contributed by atoms with E-state index in [4.69, 9.17) is 4.52 Å². The molecule has 0 saturated heterocycles. The van der Waals surface area contributed by atoms with Gasteiger partial charge in [-0.2, -0.15) is 0 Å². The fourth-order valence-electron chi connectivity index (χ4n) is 1.40. The van der Waals surface area contributed by atoms with E-state index in [1.807, 2.05) is 4.98 Å². The Morgan fingerprint density at radius 1 is 1.39 bits per heavy atom. The lowest BCUT2D eigenvalue weighted by atomic mass is 10.3. The summed E-state index contributed by atoms with van der Waals surface area (Å²) in [4.78, 5) is 38.0. The van der Waals surface area contributed by atoms with E-state index in [9.17, 15) is 14.4 Å². The monoisotopic (exact) mass is 250 g/mol. The molecule has 0 atom stereocenters. The molecular formula is C10H10N4O4. The molecule has 8 nitrogen and oxygen atoms in total. The summed E-state index contributed by atoms with van der Waals surface area (Å²) in [5.74, 6) is 0.434. The van der Waals surface area contributed by atoms with Crippen LogP contribution in [0.25, 0.3) is 0 Å². The van der Waals surface area contributed by atoms with Crippen molar-refractivity contribution in [3.8, 4) is 0 Å². The molecule has 2 aromatic rings. The van der Waals surface area contributed by atoms with Crippen LogP contribution in [0.1, 0.15) is 11.5 Å². The molecule has 0 bridgehead atoms. The first-order chi connectivity index (χ1) is 8.52. The summed E-state index contributed by atoms with van der Waals surface area (Å²) >= 11 is 0. The average Bonchev–Trinajstić information content (AvgIpc) is 2.61. The molecule has 94 valence electrons. The third kappa shape index (κ3) is 2.94. The van der Waals surface area contributed by atoms with Crippen molar-refractivity contribution in [2.75, 3.05) is 5.32 Å². The summed E-state index contributed by atoms with van der Waals surface area (Å²) in [6, 6.07) is 2.70. The first-order valence-corrected chi connectivity index (χ1v) is 5.08. The summed E-state index contributed by atoms with van der Waals surface area (Å²) < 4.78 is 4.78. The molecule has 0 aliphatic carbocycles. The molecule has 0 aliphatic rings. The molecule has 2 aromatic heterocycles. The Labute approximate surface area is 100 Å². The van der Waals surface area contributed by atoms with Crippen LogP contribution in [0.2, 0.25) is 0 Å². The van der Waals surface area contributed by atoms with Gasteiger partial charge in [-0.3, -0.25) is 14.6 Å². The fourth-order valence-corrected chi connectivity index (χ4v) is 1.40. The average molecular weight is 250 g/mol. The van der Waals surface area contributed by atoms with Crippen LogP contribution in [0, 0.1) is 6.92 Å². The molecule has 2 rings (SSSR count). The molecule has 0 unspecified atom stereocenters. The van der Waals surface area contributed by atoms with Crippen molar-refractivity contribution in [3.05, 3.63) is 44.4 Å². The maximum Gasteiger partial charge on any atom is 0.325 e. The van der Waals surface area contributed by atoms with E-state index in [0.29, 0.717) is 5.76 Å². The zero-order valence-electron chi connectivity index (χ0n) is 9.44. The lowest BCUT2D eigenvalue weighted by Crippen LogP contribution is -2.25. The van der Waals surface area contributed by atoms with Crippen LogP contribution in [-0.2, 0) is 11.2 Å². The highest BCUT2D eigenvalue weighted by Crippen LogP contribution is 2.07. The first kappa shape index (κ1) is 11.8. The number of carbonyl (C=O) groups excluding carboxylic acids is 1. The van der Waals surface area contributed by atoms with Crippen LogP contribution < -0.4 is 16.6 Å². The highest BCUT2D eigenvalue weighted by atomic mass is 16.5. The number of carbonyl (C=O) groups is 1. The number of amides is 1. The van der Waals surface area contributed by atoms with E-state index in [-0.39, 0.29) is 17.9 Å². The SMILES string of the molecule is Cc1cc(NC(=O)Cc2cc(=O)[nH]c(=O)[nH]2)no1. The van der Waals surface area contributed by atoms with Gasteiger partial charge in [0.1, 0.15) is 5.76 Å². The highest BCUT2D eigenvalue weighted by Gasteiger charge is 2.08. The fraction of sp³-hybridized carbons (Fsp3) is 0.200. The zero-order chi connectivity index (χ0) is 13.1. The summed E-state index contributed by atoms with van der Waals surface area (Å²) in [5.41, 5.74) is -0.983. The smallest absolute Gasteiger partial charge is 0.325 e. The summed E-state index contributed by atoms with van der Waals surface area (Å²) in [5, 5.41) is 6.06. The Bertz CT molecular complexity index is 653. The van der Waals surface area contributed by atoms with Crippen molar-refractivity contribution >= 4 is 11.7 Å². The minimum absolute atomic E-state index is 0.134. The van der Waals surface area contributed by atoms with Gasteiger partial charge in [0.2, 0.25) is 5.91 Å². The van der Waals surface area contributed by atoms with Gasteiger partial charge >= 0.3 is 5.69 Å². The van der Waals surface area contributed by atoms with E-state index < -0.39 is 17.2 Å². The van der Waals surface area contributed by atoms with Gasteiger partial charge in [-0.05, 0) is 6.92 Å². The number of rotatable bonds is 3. The molecular weight excluding hydrogens is 240 g/mol. The largest absolute Gasteiger partial charge is 0.360 e. The quantitative estimate of drug-likeness (QED) is 0.680. The summed E-state index contributed by atoms with van der Waals surface area (Å²) in [6.07, 6.45) is -0.134. The van der Waals surface area contributed by atoms with Crippen LogP contribution >= 0.6 is 0 Å². The van der Waals surface area contributed by atoms with Crippen molar-refractivity contribution in [3.63, 3.8) is 0 Å². The molecule has 0 aromatic carbocycles. The van der Waals surface area contributed by atoms with Crippen molar-refractivity contribution in [1.82, 2.24) is 15.1 Å². The number of aromatic amines is 2. The summed E-state index contributed by atoms with van der Waals surface area (Å²) in [6.45, 7) is 1.69. The lowest BCUT2D eigenvalue weighted by Gasteiger charge is -2.00. The van der Waals surface area contributed by atoms with Gasteiger partial charge in [-0.15, -0.1) is 0 Å². The van der Waals surface area contributed by atoms with Gasteiger partial charge in [-0.1, -0.05) is 5.16 Å². The second-order valence-electron chi connectivity index (χ2n) is 3.66. The second-order valence-corrected chi connectivity index (χ2v) is 3.66. The van der Waals surface area contributed by atoms with Gasteiger partial charge in [0, 0.05) is 17.8 Å². The molecule has 0 fully saturated rings. The van der Waals surface area contributed by atoms with Crippen molar-refractivity contribution in [2.45, 2.75) is 13.3 Å².